The van der Waals surface area contributed by atoms with E-state index >= 15 is 0 Å². The Morgan fingerprint density at radius 3 is 2.15 bits per heavy atom. The molecule has 5 heteroatoms. The fourth-order valence-corrected chi connectivity index (χ4v) is 2.67. The molecule has 1 unspecified atom stereocenters. The van der Waals surface area contributed by atoms with Crippen LogP contribution in [0.4, 0.5) is 0 Å². The molecule has 1 atom stereocenters. The summed E-state index contributed by atoms with van der Waals surface area (Å²) >= 11 is 5.89. The Morgan fingerprint density at radius 1 is 0.885 bits per heavy atom. The standard InChI is InChI=1S/C21H15ClO4/c22-16-11-12-18(23)17(13-16)21(25)26-20(15-9-5-2-6-10-15)19(24)14-7-3-1-4-8-14/h1-13,20,23H. The number of aromatic hydroxyl groups is 1. The Balaban J connectivity index is 1.95. The molecule has 0 aromatic heterocycles. The van der Waals surface area contributed by atoms with Crippen LogP contribution in [0.1, 0.15) is 32.4 Å². The van der Waals surface area contributed by atoms with Gasteiger partial charge in [0.05, 0.1) is 0 Å². The summed E-state index contributed by atoms with van der Waals surface area (Å²) in [5, 5.41) is 10.2. The average Bonchev–Trinajstić information content (AvgIpc) is 2.68. The Hall–Kier alpha value is -3.11. The third-order valence-corrected chi connectivity index (χ3v) is 4.04. The summed E-state index contributed by atoms with van der Waals surface area (Å²) in [7, 11) is 0. The molecule has 0 saturated carbocycles. The lowest BCUT2D eigenvalue weighted by molar-refractivity contribution is 0.0277. The summed E-state index contributed by atoms with van der Waals surface area (Å²) in [4.78, 5) is 25.4. The number of hydrogen-bond acceptors (Lipinski definition) is 4. The number of Topliss-reactive ketones (excluding diaryl/α,β-unsaturated/α-hetero) is 1. The van der Waals surface area contributed by atoms with Gasteiger partial charge in [-0.1, -0.05) is 72.3 Å². The lowest BCUT2D eigenvalue weighted by Gasteiger charge is -2.18. The second-order valence-corrected chi connectivity index (χ2v) is 6.02. The van der Waals surface area contributed by atoms with E-state index in [1.165, 1.54) is 18.2 Å². The first-order valence-corrected chi connectivity index (χ1v) is 8.28. The van der Waals surface area contributed by atoms with Gasteiger partial charge in [-0.25, -0.2) is 4.79 Å². The van der Waals surface area contributed by atoms with Crippen molar-refractivity contribution in [1.82, 2.24) is 0 Å². The predicted octanol–water partition coefficient (Wildman–Crippen LogP) is 4.83. The van der Waals surface area contributed by atoms with Gasteiger partial charge in [0.15, 0.2) is 6.10 Å². The minimum absolute atomic E-state index is 0.0979. The van der Waals surface area contributed by atoms with E-state index < -0.39 is 12.1 Å². The highest BCUT2D eigenvalue weighted by Gasteiger charge is 2.27. The zero-order chi connectivity index (χ0) is 18.5. The van der Waals surface area contributed by atoms with E-state index in [-0.39, 0.29) is 22.1 Å². The van der Waals surface area contributed by atoms with E-state index in [0.717, 1.165) is 0 Å². The van der Waals surface area contributed by atoms with Gasteiger partial charge < -0.3 is 9.84 Å². The third kappa shape index (κ3) is 3.92. The monoisotopic (exact) mass is 366 g/mol. The van der Waals surface area contributed by atoms with Gasteiger partial charge in [-0.2, -0.15) is 0 Å². The van der Waals surface area contributed by atoms with E-state index in [9.17, 15) is 14.7 Å². The van der Waals surface area contributed by atoms with Crippen molar-refractivity contribution in [3.8, 4) is 5.75 Å². The fourth-order valence-electron chi connectivity index (χ4n) is 2.50. The highest BCUT2D eigenvalue weighted by Crippen LogP contribution is 2.27. The van der Waals surface area contributed by atoms with Gasteiger partial charge in [-0.15, -0.1) is 0 Å². The first kappa shape index (κ1) is 17.7. The van der Waals surface area contributed by atoms with E-state index in [2.05, 4.69) is 0 Å². The molecule has 0 saturated heterocycles. The molecule has 0 bridgehead atoms. The summed E-state index contributed by atoms with van der Waals surface area (Å²) in [6.45, 7) is 0. The SMILES string of the molecule is O=C(OC(C(=O)c1ccccc1)c1ccccc1)c1cc(Cl)ccc1O. The van der Waals surface area contributed by atoms with Crippen LogP contribution in [0.15, 0.2) is 78.9 Å². The highest BCUT2D eigenvalue weighted by molar-refractivity contribution is 6.31. The molecule has 3 aromatic rings. The molecular formula is C21H15ClO4. The molecule has 130 valence electrons. The number of phenolic OH excluding ortho intramolecular Hbond substituents is 1. The Bertz CT molecular complexity index is 923. The molecule has 0 spiro atoms. The van der Waals surface area contributed by atoms with Crippen LogP contribution in [-0.2, 0) is 4.74 Å². The maximum atomic E-state index is 12.9. The second-order valence-electron chi connectivity index (χ2n) is 5.59. The zero-order valence-corrected chi connectivity index (χ0v) is 14.4. The van der Waals surface area contributed by atoms with E-state index in [4.69, 9.17) is 16.3 Å². The van der Waals surface area contributed by atoms with Gasteiger partial charge in [-0.05, 0) is 18.2 Å². The van der Waals surface area contributed by atoms with Crippen LogP contribution in [-0.4, -0.2) is 16.9 Å². The number of ether oxygens (including phenoxy) is 1. The minimum atomic E-state index is -1.13. The molecule has 1 N–H and O–H groups in total. The van der Waals surface area contributed by atoms with Crippen LogP contribution in [0.2, 0.25) is 5.02 Å². The zero-order valence-electron chi connectivity index (χ0n) is 13.6. The molecule has 26 heavy (non-hydrogen) atoms. The summed E-state index contributed by atoms with van der Waals surface area (Å²) in [5.74, 6) is -1.45. The first-order valence-electron chi connectivity index (χ1n) is 7.90. The van der Waals surface area contributed by atoms with Gasteiger partial charge in [0, 0.05) is 16.1 Å². The lowest BCUT2D eigenvalue weighted by atomic mass is 9.99. The molecule has 0 aliphatic carbocycles. The number of hydrogen-bond donors (Lipinski definition) is 1. The number of halogens is 1. The molecule has 0 radical (unpaired) electrons. The minimum Gasteiger partial charge on any atom is -0.507 e. The van der Waals surface area contributed by atoms with Crippen LogP contribution in [0, 0.1) is 0 Å². The summed E-state index contributed by atoms with van der Waals surface area (Å²) < 4.78 is 5.47. The van der Waals surface area contributed by atoms with Crippen molar-refractivity contribution in [2.24, 2.45) is 0 Å². The fraction of sp³-hybridized carbons (Fsp3) is 0.0476. The quantitative estimate of drug-likeness (QED) is 0.519. The molecule has 0 fully saturated rings. The van der Waals surface area contributed by atoms with E-state index in [0.29, 0.717) is 11.1 Å². The number of phenols is 1. The molecule has 0 aliphatic rings. The predicted molar refractivity (Wildman–Crippen MR) is 98.5 cm³/mol. The van der Waals surface area contributed by atoms with Gasteiger partial charge in [0.25, 0.3) is 0 Å². The van der Waals surface area contributed by atoms with Crippen molar-refractivity contribution >= 4 is 23.4 Å². The van der Waals surface area contributed by atoms with E-state index in [1.807, 2.05) is 0 Å². The van der Waals surface area contributed by atoms with Crippen LogP contribution in [0.3, 0.4) is 0 Å². The smallest absolute Gasteiger partial charge is 0.343 e. The molecule has 4 nitrogen and oxygen atoms in total. The van der Waals surface area contributed by atoms with Gasteiger partial charge in [0.2, 0.25) is 5.78 Å². The average molecular weight is 367 g/mol. The van der Waals surface area contributed by atoms with Crippen molar-refractivity contribution < 1.29 is 19.4 Å². The van der Waals surface area contributed by atoms with Gasteiger partial charge in [0.1, 0.15) is 11.3 Å². The normalized spacial score (nSPS) is 11.6. The topological polar surface area (TPSA) is 63.6 Å². The van der Waals surface area contributed by atoms with Crippen LogP contribution < -0.4 is 0 Å². The van der Waals surface area contributed by atoms with Crippen LogP contribution in [0.25, 0.3) is 0 Å². The second kappa shape index (κ2) is 7.85. The maximum Gasteiger partial charge on any atom is 0.343 e. The molecule has 0 heterocycles. The molecule has 3 rings (SSSR count). The lowest BCUT2D eigenvalue weighted by Crippen LogP contribution is -2.20. The summed E-state index contributed by atoms with van der Waals surface area (Å²) in [6.07, 6.45) is -1.13. The third-order valence-electron chi connectivity index (χ3n) is 3.80. The van der Waals surface area contributed by atoms with Crippen LogP contribution in [0.5, 0.6) is 5.75 Å². The number of rotatable bonds is 5. The summed E-state index contributed by atoms with van der Waals surface area (Å²) in [6, 6.07) is 21.4. The Labute approximate surface area is 155 Å². The van der Waals surface area contributed by atoms with Crippen molar-refractivity contribution in [3.63, 3.8) is 0 Å². The molecule has 3 aromatic carbocycles. The Kier molecular flexibility index (Phi) is 5.34. The van der Waals surface area contributed by atoms with Crippen molar-refractivity contribution in [3.05, 3.63) is 101 Å². The number of ketones is 1. The first-order chi connectivity index (χ1) is 12.6. The van der Waals surface area contributed by atoms with Crippen molar-refractivity contribution in [2.45, 2.75) is 6.10 Å². The summed E-state index contributed by atoms with van der Waals surface area (Å²) in [5.41, 5.74) is 0.861. The highest BCUT2D eigenvalue weighted by atomic mass is 35.5. The molecule has 0 aliphatic heterocycles. The Morgan fingerprint density at radius 2 is 1.50 bits per heavy atom. The molecule has 0 amide bonds. The van der Waals surface area contributed by atoms with E-state index in [1.54, 1.807) is 60.7 Å². The maximum absolute atomic E-state index is 12.9. The number of carbonyl (C=O) groups excluding carboxylic acids is 2. The van der Waals surface area contributed by atoms with Crippen LogP contribution >= 0.6 is 11.6 Å². The van der Waals surface area contributed by atoms with Crippen molar-refractivity contribution in [1.29, 1.82) is 0 Å². The number of carbonyl (C=O) groups is 2. The largest absolute Gasteiger partial charge is 0.507 e. The number of esters is 1. The van der Waals surface area contributed by atoms with Gasteiger partial charge in [-0.3, -0.25) is 4.79 Å². The van der Waals surface area contributed by atoms with Gasteiger partial charge >= 0.3 is 5.97 Å². The van der Waals surface area contributed by atoms with Crippen molar-refractivity contribution in [2.75, 3.05) is 0 Å². The molecular weight excluding hydrogens is 352 g/mol. The number of benzene rings is 3.